The molecule has 2 aromatic rings. The van der Waals surface area contributed by atoms with E-state index in [1.165, 1.54) is 4.88 Å². The average molecular weight is 330 g/mol. The van der Waals surface area contributed by atoms with Gasteiger partial charge in [0.05, 0.1) is 0 Å². The Bertz CT molecular complexity index is 797. The van der Waals surface area contributed by atoms with Crippen LogP contribution in [0.5, 0.6) is 0 Å². The van der Waals surface area contributed by atoms with Crippen LogP contribution >= 0.6 is 11.3 Å². The van der Waals surface area contributed by atoms with Crippen molar-refractivity contribution in [1.82, 2.24) is 14.7 Å². The van der Waals surface area contributed by atoms with Crippen LogP contribution in [0, 0.1) is 11.8 Å². The number of fused-ring (bicyclic) bond motifs is 1. The van der Waals surface area contributed by atoms with E-state index in [0.29, 0.717) is 12.2 Å². The summed E-state index contributed by atoms with van der Waals surface area (Å²) in [7, 11) is 1.85. The number of rotatable bonds is 3. The summed E-state index contributed by atoms with van der Waals surface area (Å²) in [6.07, 6.45) is 0.856. The zero-order valence-electron chi connectivity index (χ0n) is 12.9. The number of aliphatic hydroxyl groups excluding tert-OH is 1. The Balaban J connectivity index is 1.74. The van der Waals surface area contributed by atoms with Gasteiger partial charge >= 0.3 is 0 Å². The third kappa shape index (κ3) is 3.29. The summed E-state index contributed by atoms with van der Waals surface area (Å²) in [6.45, 7) is 2.27. The van der Waals surface area contributed by atoms with Crippen molar-refractivity contribution in [3.63, 3.8) is 0 Å². The van der Waals surface area contributed by atoms with Crippen molar-refractivity contribution in [3.05, 3.63) is 38.8 Å². The predicted octanol–water partition coefficient (Wildman–Crippen LogP) is 0.483. The van der Waals surface area contributed by atoms with Crippen LogP contribution in [0.15, 0.2) is 11.4 Å². The first-order valence-corrected chi connectivity index (χ1v) is 8.20. The van der Waals surface area contributed by atoms with Crippen LogP contribution < -0.4 is 5.73 Å². The fraction of sp³-hybridized carbons (Fsp3) is 0.375. The average Bonchev–Trinajstić information content (AvgIpc) is 3.10. The molecule has 0 bridgehead atoms. The van der Waals surface area contributed by atoms with Gasteiger partial charge in [0, 0.05) is 60.2 Å². The molecule has 6 nitrogen and oxygen atoms in total. The minimum absolute atomic E-state index is 0.128. The second-order valence-electron chi connectivity index (χ2n) is 5.48. The number of nitrogens with two attached hydrogens (primary N) is 1. The maximum absolute atomic E-state index is 11.5. The molecule has 3 heterocycles. The Morgan fingerprint density at radius 3 is 3.13 bits per heavy atom. The zero-order valence-corrected chi connectivity index (χ0v) is 13.7. The number of aliphatic hydroxyl groups is 1. The highest BCUT2D eigenvalue weighted by Gasteiger charge is 2.26. The molecule has 0 radical (unpaired) electrons. The molecule has 3 N–H and O–H groups in total. The number of thiophene rings is 1. The van der Waals surface area contributed by atoms with Crippen molar-refractivity contribution in [2.75, 3.05) is 13.2 Å². The van der Waals surface area contributed by atoms with Gasteiger partial charge in [0.15, 0.2) is 5.69 Å². The quantitative estimate of drug-likeness (QED) is 0.802. The number of aromatic nitrogens is 2. The van der Waals surface area contributed by atoms with Gasteiger partial charge in [-0.2, -0.15) is 5.10 Å². The SMILES string of the molecule is Cn1nc(C(N)=O)c2c1CCN(Cc1cc(C#CCO)cs1)C2. The van der Waals surface area contributed by atoms with Crippen molar-refractivity contribution in [3.8, 4) is 11.8 Å². The maximum Gasteiger partial charge on any atom is 0.269 e. The molecule has 0 saturated heterocycles. The normalized spacial score (nSPS) is 14.2. The molecule has 0 saturated carbocycles. The number of nitrogens with zero attached hydrogens (tertiary/aromatic N) is 3. The van der Waals surface area contributed by atoms with E-state index in [0.717, 1.165) is 36.3 Å². The van der Waals surface area contributed by atoms with E-state index in [2.05, 4.69) is 21.8 Å². The summed E-state index contributed by atoms with van der Waals surface area (Å²) in [6, 6.07) is 2.04. The summed E-state index contributed by atoms with van der Waals surface area (Å²) in [5.41, 5.74) is 8.78. The van der Waals surface area contributed by atoms with Crippen molar-refractivity contribution >= 4 is 17.2 Å². The lowest BCUT2D eigenvalue weighted by Crippen LogP contribution is -2.31. The molecule has 0 aromatic carbocycles. The number of primary amides is 1. The molecule has 0 unspecified atom stereocenters. The van der Waals surface area contributed by atoms with Gasteiger partial charge in [0.2, 0.25) is 0 Å². The molecule has 1 aliphatic rings. The van der Waals surface area contributed by atoms with Gasteiger partial charge in [-0.3, -0.25) is 14.4 Å². The highest BCUT2D eigenvalue weighted by Crippen LogP contribution is 2.24. The van der Waals surface area contributed by atoms with Crippen LogP contribution in [-0.2, 0) is 26.6 Å². The first-order valence-electron chi connectivity index (χ1n) is 7.32. The van der Waals surface area contributed by atoms with E-state index in [9.17, 15) is 4.79 Å². The molecular formula is C16H18N4O2S. The highest BCUT2D eigenvalue weighted by atomic mass is 32.1. The number of aryl methyl sites for hydroxylation is 1. The number of amides is 1. The van der Waals surface area contributed by atoms with Gasteiger partial charge in [0.25, 0.3) is 5.91 Å². The second kappa shape index (κ2) is 6.54. The van der Waals surface area contributed by atoms with Gasteiger partial charge in [-0.15, -0.1) is 11.3 Å². The molecule has 0 spiro atoms. The van der Waals surface area contributed by atoms with Gasteiger partial charge < -0.3 is 10.8 Å². The minimum Gasteiger partial charge on any atom is -0.384 e. The molecule has 120 valence electrons. The molecular weight excluding hydrogens is 312 g/mol. The third-order valence-corrected chi connectivity index (χ3v) is 4.82. The molecule has 0 aliphatic carbocycles. The monoisotopic (exact) mass is 330 g/mol. The van der Waals surface area contributed by atoms with E-state index in [-0.39, 0.29) is 6.61 Å². The Hall–Kier alpha value is -2.14. The van der Waals surface area contributed by atoms with Crippen LogP contribution in [-0.4, -0.2) is 38.8 Å². The van der Waals surface area contributed by atoms with Crippen molar-refractivity contribution in [2.24, 2.45) is 12.8 Å². The lowest BCUT2D eigenvalue weighted by Gasteiger charge is -2.26. The Labute approximate surface area is 138 Å². The summed E-state index contributed by atoms with van der Waals surface area (Å²) in [5, 5.41) is 15.0. The lowest BCUT2D eigenvalue weighted by atomic mass is 10.0. The van der Waals surface area contributed by atoms with Gasteiger partial charge in [0.1, 0.15) is 6.61 Å². The van der Waals surface area contributed by atoms with Crippen LogP contribution in [0.1, 0.15) is 32.2 Å². The first-order chi connectivity index (χ1) is 11.1. The summed E-state index contributed by atoms with van der Waals surface area (Å²) in [5.74, 6) is 5.09. The molecule has 3 rings (SSSR count). The van der Waals surface area contributed by atoms with Crippen molar-refractivity contribution in [2.45, 2.75) is 19.5 Å². The van der Waals surface area contributed by atoms with Crippen LogP contribution in [0.25, 0.3) is 0 Å². The van der Waals surface area contributed by atoms with Gasteiger partial charge in [-0.25, -0.2) is 0 Å². The standard InChI is InChI=1S/C16H18N4O2S/c1-19-14-4-5-20(9-13(14)15(18-19)16(17)22)8-12-7-11(10-23-12)3-2-6-21/h7,10,21H,4-6,8-9H2,1H3,(H2,17,22). The fourth-order valence-corrected chi connectivity index (χ4v) is 3.73. The molecule has 23 heavy (non-hydrogen) atoms. The second-order valence-corrected chi connectivity index (χ2v) is 6.48. The third-order valence-electron chi connectivity index (χ3n) is 3.90. The Morgan fingerprint density at radius 2 is 2.39 bits per heavy atom. The van der Waals surface area contributed by atoms with E-state index >= 15 is 0 Å². The van der Waals surface area contributed by atoms with Crippen LogP contribution in [0.4, 0.5) is 0 Å². The Morgan fingerprint density at radius 1 is 1.57 bits per heavy atom. The Kier molecular flexibility index (Phi) is 4.48. The predicted molar refractivity (Wildman–Crippen MR) is 87.8 cm³/mol. The zero-order chi connectivity index (χ0) is 16.4. The van der Waals surface area contributed by atoms with Crippen molar-refractivity contribution in [1.29, 1.82) is 0 Å². The molecule has 7 heteroatoms. The summed E-state index contributed by atoms with van der Waals surface area (Å²) in [4.78, 5) is 15.0. The fourth-order valence-electron chi connectivity index (χ4n) is 2.87. The smallest absolute Gasteiger partial charge is 0.269 e. The number of carbonyl (C=O) groups excluding carboxylic acids is 1. The maximum atomic E-state index is 11.5. The minimum atomic E-state index is -0.471. The van der Waals surface area contributed by atoms with E-state index in [4.69, 9.17) is 10.8 Å². The molecule has 0 fully saturated rings. The molecule has 1 amide bonds. The van der Waals surface area contributed by atoms with Crippen LogP contribution in [0.3, 0.4) is 0 Å². The summed E-state index contributed by atoms with van der Waals surface area (Å²) < 4.78 is 1.76. The topological polar surface area (TPSA) is 84.4 Å². The van der Waals surface area contributed by atoms with Crippen molar-refractivity contribution < 1.29 is 9.90 Å². The first kappa shape index (κ1) is 15.7. The van der Waals surface area contributed by atoms with Crippen LogP contribution in [0.2, 0.25) is 0 Å². The van der Waals surface area contributed by atoms with E-state index in [1.807, 2.05) is 18.5 Å². The van der Waals surface area contributed by atoms with E-state index < -0.39 is 5.91 Å². The number of hydrogen-bond acceptors (Lipinski definition) is 5. The van der Waals surface area contributed by atoms with E-state index in [1.54, 1.807) is 16.0 Å². The molecule has 1 aliphatic heterocycles. The molecule has 2 aromatic heterocycles. The van der Waals surface area contributed by atoms with Gasteiger partial charge in [-0.1, -0.05) is 11.8 Å². The highest BCUT2D eigenvalue weighted by molar-refractivity contribution is 7.10. The largest absolute Gasteiger partial charge is 0.384 e. The van der Waals surface area contributed by atoms with Gasteiger partial charge in [-0.05, 0) is 6.07 Å². The molecule has 0 atom stereocenters. The summed E-state index contributed by atoms with van der Waals surface area (Å²) >= 11 is 1.65. The number of carbonyl (C=O) groups is 1. The number of hydrogen-bond donors (Lipinski definition) is 2. The lowest BCUT2D eigenvalue weighted by molar-refractivity contribution is 0.0992.